The predicted molar refractivity (Wildman–Crippen MR) is 129 cm³/mol. The highest BCUT2D eigenvalue weighted by molar-refractivity contribution is 5.87. The lowest BCUT2D eigenvalue weighted by Crippen LogP contribution is -2.22. The minimum atomic E-state index is -0.360. The maximum atomic E-state index is 12.1. The monoisotopic (exact) mass is 429 g/mol. The van der Waals surface area contributed by atoms with Crippen LogP contribution in [-0.4, -0.2) is 24.0 Å². The van der Waals surface area contributed by atoms with E-state index in [-0.39, 0.29) is 12.6 Å². The first kappa shape index (κ1) is 23.3. The van der Waals surface area contributed by atoms with Gasteiger partial charge in [0.2, 0.25) is 0 Å². The van der Waals surface area contributed by atoms with Gasteiger partial charge in [0.05, 0.1) is 0 Å². The summed E-state index contributed by atoms with van der Waals surface area (Å²) < 4.78 is 11.1. The predicted octanol–water partition coefficient (Wildman–Crippen LogP) is 5.86. The van der Waals surface area contributed by atoms with Crippen LogP contribution in [0.25, 0.3) is 6.08 Å². The number of nitrogens with zero attached hydrogens (tertiary/aromatic N) is 1. The largest absolute Gasteiger partial charge is 0.489 e. The van der Waals surface area contributed by atoms with Crippen LogP contribution >= 0.6 is 0 Å². The molecule has 0 spiro atoms. The first-order chi connectivity index (χ1) is 15.7. The summed E-state index contributed by atoms with van der Waals surface area (Å²) >= 11 is 0. The Labute approximate surface area is 191 Å². The fourth-order valence-electron chi connectivity index (χ4n) is 3.23. The Balaban J connectivity index is 1.43. The molecular formula is C28H31NO3. The van der Waals surface area contributed by atoms with Crippen LogP contribution in [0.5, 0.6) is 5.75 Å². The summed E-state index contributed by atoms with van der Waals surface area (Å²) in [5.41, 5.74) is 4.28. The van der Waals surface area contributed by atoms with Crippen LogP contribution < -0.4 is 4.74 Å². The number of benzene rings is 3. The molecule has 3 aromatic carbocycles. The molecule has 0 unspecified atom stereocenters. The van der Waals surface area contributed by atoms with Crippen LogP contribution in [0.4, 0.5) is 0 Å². The van der Waals surface area contributed by atoms with Crippen molar-refractivity contribution in [1.29, 1.82) is 0 Å². The van der Waals surface area contributed by atoms with Crippen molar-refractivity contribution in [2.24, 2.45) is 0 Å². The Hall–Kier alpha value is -3.37. The third-order valence-electron chi connectivity index (χ3n) is 5.24. The summed E-state index contributed by atoms with van der Waals surface area (Å²) in [6, 6.07) is 25.9. The molecule has 0 N–H and O–H groups in total. The molecule has 32 heavy (non-hydrogen) atoms. The lowest BCUT2D eigenvalue weighted by atomic mass is 10.1. The average molecular weight is 430 g/mol. The third-order valence-corrected chi connectivity index (χ3v) is 5.24. The van der Waals surface area contributed by atoms with E-state index >= 15 is 0 Å². The maximum absolute atomic E-state index is 12.1. The van der Waals surface area contributed by atoms with Crippen LogP contribution in [-0.2, 0) is 29.3 Å². The second-order valence-corrected chi connectivity index (χ2v) is 7.56. The van der Waals surface area contributed by atoms with E-state index in [1.54, 1.807) is 6.08 Å². The zero-order chi connectivity index (χ0) is 22.6. The molecule has 3 rings (SSSR count). The van der Waals surface area contributed by atoms with Crippen LogP contribution in [0.3, 0.4) is 0 Å². The van der Waals surface area contributed by atoms with Gasteiger partial charge in [-0.3, -0.25) is 4.90 Å². The van der Waals surface area contributed by atoms with E-state index in [1.807, 2.05) is 66.7 Å². The molecule has 0 aliphatic heterocycles. The van der Waals surface area contributed by atoms with Gasteiger partial charge in [-0.15, -0.1) is 0 Å². The number of carbonyl (C=O) groups is 1. The summed E-state index contributed by atoms with van der Waals surface area (Å²) in [4.78, 5) is 14.4. The van der Waals surface area contributed by atoms with Crippen molar-refractivity contribution in [3.05, 3.63) is 107 Å². The van der Waals surface area contributed by atoms with E-state index in [9.17, 15) is 4.79 Å². The van der Waals surface area contributed by atoms with E-state index in [4.69, 9.17) is 9.47 Å². The van der Waals surface area contributed by atoms with Gasteiger partial charge in [-0.25, -0.2) is 4.79 Å². The van der Waals surface area contributed by atoms with Gasteiger partial charge in [0, 0.05) is 12.6 Å². The summed E-state index contributed by atoms with van der Waals surface area (Å²) in [6.45, 7) is 8.13. The number of esters is 1. The molecule has 0 heterocycles. The first-order valence-electron chi connectivity index (χ1n) is 11.1. The number of carbonyl (C=O) groups excluding carboxylic acids is 1. The van der Waals surface area contributed by atoms with Crippen molar-refractivity contribution in [2.75, 3.05) is 13.1 Å². The smallest absolute Gasteiger partial charge is 0.331 e. The number of ether oxygens (including phenoxy) is 2. The molecule has 0 radical (unpaired) electrons. The number of rotatable bonds is 11. The second kappa shape index (κ2) is 12.5. The zero-order valence-corrected chi connectivity index (χ0v) is 18.9. The van der Waals surface area contributed by atoms with Crippen LogP contribution in [0.2, 0.25) is 0 Å². The summed E-state index contributed by atoms with van der Waals surface area (Å²) in [7, 11) is 0. The fourth-order valence-corrected chi connectivity index (χ4v) is 3.23. The molecule has 4 heteroatoms. The molecule has 0 bridgehead atoms. The number of hydrogen-bond acceptors (Lipinski definition) is 4. The summed E-state index contributed by atoms with van der Waals surface area (Å²) in [5, 5.41) is 0. The van der Waals surface area contributed by atoms with Gasteiger partial charge < -0.3 is 9.47 Å². The second-order valence-electron chi connectivity index (χ2n) is 7.56. The van der Waals surface area contributed by atoms with E-state index in [2.05, 4.69) is 30.9 Å². The quantitative estimate of drug-likeness (QED) is 0.282. The van der Waals surface area contributed by atoms with Gasteiger partial charge in [0.1, 0.15) is 19.0 Å². The Morgan fingerprint density at radius 2 is 1.41 bits per heavy atom. The Morgan fingerprint density at radius 1 is 0.781 bits per heavy atom. The standard InChI is InChI=1S/C28H31NO3/c1-3-29(4-2)20-24-10-12-26(13-11-24)22-32-28(30)19-16-23-14-17-27(18-15-23)31-21-25-8-6-5-7-9-25/h5-19H,3-4,20-22H2,1-2H3/b19-16+. The molecule has 0 saturated heterocycles. The normalized spacial score (nSPS) is 11.1. The van der Waals surface area contributed by atoms with Gasteiger partial charge in [-0.2, -0.15) is 0 Å². The minimum Gasteiger partial charge on any atom is -0.489 e. The van der Waals surface area contributed by atoms with Crippen LogP contribution in [0.15, 0.2) is 84.9 Å². The minimum absolute atomic E-state index is 0.265. The molecule has 0 atom stereocenters. The van der Waals surface area contributed by atoms with E-state index < -0.39 is 0 Å². The molecule has 0 amide bonds. The topological polar surface area (TPSA) is 38.8 Å². The molecule has 4 nitrogen and oxygen atoms in total. The van der Waals surface area contributed by atoms with Gasteiger partial charge >= 0.3 is 5.97 Å². The molecule has 0 fully saturated rings. The van der Waals surface area contributed by atoms with Crippen LogP contribution in [0, 0.1) is 0 Å². The molecule has 0 saturated carbocycles. The fraction of sp³-hybridized carbons (Fsp3) is 0.250. The molecule has 3 aromatic rings. The molecule has 0 aliphatic rings. The van der Waals surface area contributed by atoms with Crippen molar-refractivity contribution in [3.8, 4) is 5.75 Å². The van der Waals surface area contributed by atoms with Gasteiger partial charge in [0.25, 0.3) is 0 Å². The highest BCUT2D eigenvalue weighted by atomic mass is 16.5. The summed E-state index contributed by atoms with van der Waals surface area (Å²) in [5.74, 6) is 0.430. The van der Waals surface area contributed by atoms with Gasteiger partial charge in [-0.1, -0.05) is 80.6 Å². The summed E-state index contributed by atoms with van der Waals surface area (Å²) in [6.07, 6.45) is 3.20. The van der Waals surface area contributed by atoms with E-state index in [0.29, 0.717) is 6.61 Å². The van der Waals surface area contributed by atoms with Gasteiger partial charge in [-0.05, 0) is 53.6 Å². The van der Waals surface area contributed by atoms with Crippen molar-refractivity contribution in [3.63, 3.8) is 0 Å². The highest BCUT2D eigenvalue weighted by Crippen LogP contribution is 2.15. The van der Waals surface area contributed by atoms with Crippen LogP contribution in [0.1, 0.15) is 36.1 Å². The molecule has 0 aromatic heterocycles. The first-order valence-corrected chi connectivity index (χ1v) is 11.1. The van der Waals surface area contributed by atoms with Crippen molar-refractivity contribution in [1.82, 2.24) is 4.90 Å². The number of hydrogen-bond donors (Lipinski definition) is 0. The van der Waals surface area contributed by atoms with E-state index in [1.165, 1.54) is 11.6 Å². The maximum Gasteiger partial charge on any atom is 0.331 e. The lowest BCUT2D eigenvalue weighted by Gasteiger charge is -2.18. The zero-order valence-electron chi connectivity index (χ0n) is 18.9. The van der Waals surface area contributed by atoms with E-state index in [0.717, 1.165) is 42.1 Å². The molecule has 0 aliphatic carbocycles. The molecule has 166 valence electrons. The highest BCUT2D eigenvalue weighted by Gasteiger charge is 2.03. The van der Waals surface area contributed by atoms with Crippen molar-refractivity contribution in [2.45, 2.75) is 33.6 Å². The Kier molecular flexibility index (Phi) is 9.08. The Bertz CT molecular complexity index is 975. The SMILES string of the molecule is CCN(CC)Cc1ccc(COC(=O)/C=C/c2ccc(OCc3ccccc3)cc2)cc1. The van der Waals surface area contributed by atoms with Gasteiger partial charge in [0.15, 0.2) is 0 Å². The van der Waals surface area contributed by atoms with Crippen molar-refractivity contribution >= 4 is 12.0 Å². The lowest BCUT2D eigenvalue weighted by molar-refractivity contribution is -0.138. The molecular weight excluding hydrogens is 398 g/mol. The third kappa shape index (κ3) is 7.71. The van der Waals surface area contributed by atoms with Crippen molar-refractivity contribution < 1.29 is 14.3 Å². The Morgan fingerprint density at radius 3 is 2.06 bits per heavy atom. The average Bonchev–Trinajstić information content (AvgIpc) is 2.85.